The van der Waals surface area contributed by atoms with Gasteiger partial charge in [0.1, 0.15) is 0 Å². The third-order valence-electron chi connectivity index (χ3n) is 7.14. The molecule has 0 spiro atoms. The highest BCUT2D eigenvalue weighted by atomic mass is 15.2. The number of likely N-dealkylation sites (tertiary alicyclic amines) is 3. The first-order valence-electron chi connectivity index (χ1n) is 10.4. The van der Waals surface area contributed by atoms with Crippen LogP contribution in [0.5, 0.6) is 0 Å². The zero-order valence-electron chi connectivity index (χ0n) is 16.1. The van der Waals surface area contributed by atoms with Crippen molar-refractivity contribution in [2.75, 3.05) is 52.9 Å². The van der Waals surface area contributed by atoms with Gasteiger partial charge < -0.3 is 15.1 Å². The molecule has 4 aliphatic rings. The molecule has 0 aromatic heterocycles. The minimum Gasteiger partial charge on any atom is -0.386 e. The zero-order valence-corrected chi connectivity index (χ0v) is 16.1. The molecule has 3 saturated heterocycles. The van der Waals surface area contributed by atoms with Crippen LogP contribution in [0.25, 0.3) is 0 Å². The highest BCUT2D eigenvalue weighted by Gasteiger charge is 2.42. The summed E-state index contributed by atoms with van der Waals surface area (Å²) in [6.07, 6.45) is 6.56. The van der Waals surface area contributed by atoms with Crippen LogP contribution in [0.3, 0.4) is 0 Å². The van der Waals surface area contributed by atoms with Crippen molar-refractivity contribution in [2.24, 2.45) is 17.8 Å². The number of nitrogens with zero attached hydrogens (tertiary/aromatic N) is 3. The SMILES string of the molecule is C=C(NC1CCN(C)CC1)C1CC2CN(CC(=C)N3CCC3)CC2C1. The van der Waals surface area contributed by atoms with Gasteiger partial charge in [-0.15, -0.1) is 0 Å². The molecule has 0 aromatic carbocycles. The Morgan fingerprint density at radius 2 is 1.64 bits per heavy atom. The summed E-state index contributed by atoms with van der Waals surface area (Å²) in [5.74, 6) is 2.46. The molecule has 0 aromatic rings. The Hall–Kier alpha value is -1.00. The van der Waals surface area contributed by atoms with E-state index in [4.69, 9.17) is 0 Å². The second-order valence-electron chi connectivity index (χ2n) is 9.04. The third-order valence-corrected chi connectivity index (χ3v) is 7.14. The molecule has 4 fully saturated rings. The normalized spacial score (nSPS) is 34.0. The maximum absolute atomic E-state index is 4.43. The van der Waals surface area contributed by atoms with Crippen LogP contribution < -0.4 is 5.32 Å². The van der Waals surface area contributed by atoms with Crippen LogP contribution in [-0.2, 0) is 0 Å². The Labute approximate surface area is 153 Å². The molecular formula is C21H36N4. The maximum atomic E-state index is 4.43. The molecule has 140 valence electrons. The Balaban J connectivity index is 1.21. The topological polar surface area (TPSA) is 21.8 Å². The highest BCUT2D eigenvalue weighted by Crippen LogP contribution is 2.43. The van der Waals surface area contributed by atoms with E-state index < -0.39 is 0 Å². The molecule has 1 N–H and O–H groups in total. The van der Waals surface area contributed by atoms with Crippen molar-refractivity contribution in [1.29, 1.82) is 0 Å². The fourth-order valence-corrected chi connectivity index (χ4v) is 5.33. The fourth-order valence-electron chi connectivity index (χ4n) is 5.33. The predicted octanol–water partition coefficient (Wildman–Crippen LogP) is 2.36. The van der Waals surface area contributed by atoms with Gasteiger partial charge in [-0.2, -0.15) is 0 Å². The summed E-state index contributed by atoms with van der Waals surface area (Å²) in [7, 11) is 2.23. The summed E-state index contributed by atoms with van der Waals surface area (Å²) in [5, 5.41) is 3.79. The van der Waals surface area contributed by atoms with Gasteiger partial charge in [-0.05, 0) is 70.0 Å². The van der Waals surface area contributed by atoms with Gasteiger partial charge in [-0.3, -0.25) is 4.90 Å². The molecule has 3 aliphatic heterocycles. The van der Waals surface area contributed by atoms with Crippen molar-refractivity contribution in [2.45, 2.75) is 38.1 Å². The summed E-state index contributed by atoms with van der Waals surface area (Å²) in [5.41, 5.74) is 2.68. The molecule has 2 atom stereocenters. The van der Waals surface area contributed by atoms with E-state index in [1.807, 2.05) is 0 Å². The van der Waals surface area contributed by atoms with Crippen molar-refractivity contribution in [1.82, 2.24) is 20.0 Å². The molecule has 0 bridgehead atoms. The molecule has 25 heavy (non-hydrogen) atoms. The third kappa shape index (κ3) is 3.90. The monoisotopic (exact) mass is 344 g/mol. The molecule has 3 heterocycles. The summed E-state index contributed by atoms with van der Waals surface area (Å²) in [6.45, 7) is 17.3. The van der Waals surface area contributed by atoms with Crippen molar-refractivity contribution >= 4 is 0 Å². The fraction of sp³-hybridized carbons (Fsp3) is 0.810. The van der Waals surface area contributed by atoms with E-state index in [1.165, 1.54) is 82.8 Å². The molecule has 4 nitrogen and oxygen atoms in total. The average Bonchev–Trinajstić information content (AvgIpc) is 3.06. The number of fused-ring (bicyclic) bond motifs is 1. The van der Waals surface area contributed by atoms with Gasteiger partial charge in [0.05, 0.1) is 0 Å². The quantitative estimate of drug-likeness (QED) is 0.798. The lowest BCUT2D eigenvalue weighted by molar-refractivity contribution is 0.205. The Morgan fingerprint density at radius 1 is 1.00 bits per heavy atom. The van der Waals surface area contributed by atoms with Gasteiger partial charge in [0.2, 0.25) is 0 Å². The van der Waals surface area contributed by atoms with Crippen molar-refractivity contribution < 1.29 is 0 Å². The summed E-state index contributed by atoms with van der Waals surface area (Å²) < 4.78 is 0. The smallest absolute Gasteiger partial charge is 0.0378 e. The van der Waals surface area contributed by atoms with Crippen molar-refractivity contribution in [3.05, 3.63) is 24.6 Å². The predicted molar refractivity (Wildman–Crippen MR) is 104 cm³/mol. The standard InChI is InChI=1S/C21H36N4/c1-16(25-7-4-8-25)13-24-14-19-11-18(12-20(19)15-24)17(2)22-21-5-9-23(3)10-6-21/h18-22H,1-2,4-15H2,3H3. The van der Waals surface area contributed by atoms with E-state index in [0.29, 0.717) is 12.0 Å². The Morgan fingerprint density at radius 3 is 2.20 bits per heavy atom. The summed E-state index contributed by atoms with van der Waals surface area (Å²) >= 11 is 0. The zero-order chi connectivity index (χ0) is 17.4. The summed E-state index contributed by atoms with van der Waals surface area (Å²) in [4.78, 5) is 7.53. The van der Waals surface area contributed by atoms with Crippen LogP contribution >= 0.6 is 0 Å². The van der Waals surface area contributed by atoms with E-state index in [0.717, 1.165) is 18.4 Å². The van der Waals surface area contributed by atoms with Gasteiger partial charge in [-0.1, -0.05) is 13.2 Å². The number of hydrogen-bond acceptors (Lipinski definition) is 4. The Bertz CT molecular complexity index is 490. The minimum absolute atomic E-state index is 0.653. The van der Waals surface area contributed by atoms with Crippen LogP contribution in [0, 0.1) is 17.8 Å². The molecule has 2 unspecified atom stereocenters. The van der Waals surface area contributed by atoms with E-state index in [1.54, 1.807) is 0 Å². The lowest BCUT2D eigenvalue weighted by atomic mass is 9.99. The molecule has 4 heteroatoms. The first kappa shape index (κ1) is 17.4. The first-order chi connectivity index (χ1) is 12.1. The maximum Gasteiger partial charge on any atom is 0.0378 e. The van der Waals surface area contributed by atoms with Gasteiger partial charge >= 0.3 is 0 Å². The van der Waals surface area contributed by atoms with Gasteiger partial charge in [0.25, 0.3) is 0 Å². The summed E-state index contributed by atoms with van der Waals surface area (Å²) in [6, 6.07) is 0.653. The van der Waals surface area contributed by atoms with E-state index in [2.05, 4.69) is 40.2 Å². The Kier molecular flexibility index (Phi) is 5.10. The number of rotatable bonds is 6. The van der Waals surface area contributed by atoms with Gasteiger partial charge in [-0.25, -0.2) is 0 Å². The second-order valence-corrected chi connectivity index (χ2v) is 9.04. The van der Waals surface area contributed by atoms with Crippen molar-refractivity contribution in [3.8, 4) is 0 Å². The van der Waals surface area contributed by atoms with E-state index in [-0.39, 0.29) is 0 Å². The highest BCUT2D eigenvalue weighted by molar-refractivity contribution is 5.09. The lowest BCUT2D eigenvalue weighted by Gasteiger charge is -2.36. The van der Waals surface area contributed by atoms with E-state index in [9.17, 15) is 0 Å². The molecule has 0 amide bonds. The van der Waals surface area contributed by atoms with Crippen LogP contribution in [0.15, 0.2) is 24.6 Å². The first-order valence-corrected chi connectivity index (χ1v) is 10.4. The molecule has 0 radical (unpaired) electrons. The number of piperidine rings is 1. The van der Waals surface area contributed by atoms with Crippen molar-refractivity contribution in [3.63, 3.8) is 0 Å². The number of nitrogens with one attached hydrogen (secondary N) is 1. The lowest BCUT2D eigenvalue weighted by Crippen LogP contribution is -2.41. The molecule has 1 saturated carbocycles. The molecule has 1 aliphatic carbocycles. The number of hydrogen-bond donors (Lipinski definition) is 1. The van der Waals surface area contributed by atoms with Crippen LogP contribution in [-0.4, -0.2) is 73.6 Å². The minimum atomic E-state index is 0.653. The van der Waals surface area contributed by atoms with Gasteiger partial charge in [0, 0.05) is 50.2 Å². The van der Waals surface area contributed by atoms with Gasteiger partial charge in [0.15, 0.2) is 0 Å². The molecule has 4 rings (SSSR count). The van der Waals surface area contributed by atoms with Crippen LogP contribution in [0.4, 0.5) is 0 Å². The van der Waals surface area contributed by atoms with E-state index >= 15 is 0 Å². The second kappa shape index (κ2) is 7.32. The van der Waals surface area contributed by atoms with Crippen LogP contribution in [0.2, 0.25) is 0 Å². The largest absolute Gasteiger partial charge is 0.386 e. The molecular weight excluding hydrogens is 308 g/mol. The van der Waals surface area contributed by atoms with Crippen LogP contribution in [0.1, 0.15) is 32.1 Å². The average molecular weight is 345 g/mol. The number of allylic oxidation sites excluding steroid dienone is 1.